The van der Waals surface area contributed by atoms with Crippen LogP contribution in [-0.2, 0) is 9.68 Å². The zero-order valence-corrected chi connectivity index (χ0v) is 20.1. The van der Waals surface area contributed by atoms with Crippen LogP contribution in [0.15, 0.2) is 0 Å². The van der Waals surface area contributed by atoms with E-state index in [1.54, 1.807) is 19.1 Å². The maximum absolute atomic E-state index is 9.71. The molecule has 0 amide bonds. The molecule has 0 aliphatic rings. The summed E-state index contributed by atoms with van der Waals surface area (Å²) in [6.45, 7) is 10.7. The number of rotatable bonds is 21. The Morgan fingerprint density at radius 1 is 0.621 bits per heavy atom. The minimum absolute atomic E-state index is 0.0535. The van der Waals surface area contributed by atoms with Gasteiger partial charge in [0.25, 0.3) is 0 Å². The van der Waals surface area contributed by atoms with Crippen LogP contribution < -0.4 is 0 Å². The first-order valence-corrected chi connectivity index (χ1v) is 12.4. The zero-order valence-electron chi connectivity index (χ0n) is 20.1. The summed E-state index contributed by atoms with van der Waals surface area (Å²) in [6, 6.07) is 0. The summed E-state index contributed by atoms with van der Waals surface area (Å²) in [5, 5.41) is 21.0. The van der Waals surface area contributed by atoms with E-state index in [4.69, 9.17) is 9.68 Å². The summed E-state index contributed by atoms with van der Waals surface area (Å²) in [6.07, 6.45) is 14.9. The molecular weight excluding hydrogens is 366 g/mol. The van der Waals surface area contributed by atoms with Gasteiger partial charge in [-0.15, -0.1) is 0 Å². The summed E-state index contributed by atoms with van der Waals surface area (Å²) in [7, 11) is 0. The lowest BCUT2D eigenvalue weighted by atomic mass is 10.1. The molecule has 0 rings (SSSR count). The zero-order chi connectivity index (χ0) is 21.9. The lowest BCUT2D eigenvalue weighted by Crippen LogP contribution is -2.36. The molecule has 0 aliphatic heterocycles. The van der Waals surface area contributed by atoms with Crippen LogP contribution in [0.3, 0.4) is 0 Å². The van der Waals surface area contributed by atoms with Crippen molar-refractivity contribution in [1.29, 1.82) is 0 Å². The second kappa shape index (κ2) is 19.7. The highest BCUT2D eigenvalue weighted by molar-refractivity contribution is 4.61. The van der Waals surface area contributed by atoms with Gasteiger partial charge in [0.05, 0.1) is 31.0 Å². The fourth-order valence-electron chi connectivity index (χ4n) is 3.52. The standard InChI is InChI=1S/C24H51NO4/c1-6-9-10-11-12-13-14-15-16-17-18-25(28-23(7-2)19-21(4)26)29-24(8-3)20-22(5)27/h21-24,26-27H,6-20H2,1-5H3. The molecule has 0 fully saturated rings. The van der Waals surface area contributed by atoms with Crippen molar-refractivity contribution < 1.29 is 19.9 Å². The lowest BCUT2D eigenvalue weighted by Gasteiger charge is -2.30. The highest BCUT2D eigenvalue weighted by Crippen LogP contribution is 2.17. The predicted molar refractivity (Wildman–Crippen MR) is 121 cm³/mol. The van der Waals surface area contributed by atoms with Crippen molar-refractivity contribution in [2.45, 2.75) is 149 Å². The Morgan fingerprint density at radius 2 is 1.00 bits per heavy atom. The van der Waals surface area contributed by atoms with E-state index in [2.05, 4.69) is 20.8 Å². The molecular formula is C24H51NO4. The second-order valence-electron chi connectivity index (χ2n) is 8.68. The van der Waals surface area contributed by atoms with E-state index in [1.807, 2.05) is 0 Å². The monoisotopic (exact) mass is 417 g/mol. The number of hydrogen-bond donors (Lipinski definition) is 2. The second-order valence-corrected chi connectivity index (χ2v) is 8.68. The average Bonchev–Trinajstić information content (AvgIpc) is 2.67. The summed E-state index contributed by atoms with van der Waals surface area (Å²) in [5.41, 5.74) is 0. The van der Waals surface area contributed by atoms with Gasteiger partial charge in [0.15, 0.2) is 0 Å². The Labute approximate surface area is 181 Å². The van der Waals surface area contributed by atoms with Gasteiger partial charge in [-0.25, -0.2) is 0 Å². The van der Waals surface area contributed by atoms with Gasteiger partial charge in [-0.3, -0.25) is 9.68 Å². The molecule has 0 aromatic heterocycles. The molecule has 4 unspecified atom stereocenters. The van der Waals surface area contributed by atoms with Crippen LogP contribution in [0, 0.1) is 0 Å². The molecule has 5 nitrogen and oxygen atoms in total. The van der Waals surface area contributed by atoms with Gasteiger partial charge in [0.1, 0.15) is 0 Å². The van der Waals surface area contributed by atoms with Crippen LogP contribution in [0.4, 0.5) is 0 Å². The number of aliphatic hydroxyl groups is 2. The van der Waals surface area contributed by atoms with Crippen LogP contribution in [0.2, 0.25) is 0 Å². The van der Waals surface area contributed by atoms with Gasteiger partial charge < -0.3 is 10.2 Å². The number of nitrogens with zero attached hydrogens (tertiary/aromatic N) is 1. The summed E-state index contributed by atoms with van der Waals surface area (Å²) < 4.78 is 0. The van der Waals surface area contributed by atoms with E-state index < -0.39 is 12.2 Å². The molecule has 0 heterocycles. The van der Waals surface area contributed by atoms with Crippen LogP contribution in [0.25, 0.3) is 0 Å². The van der Waals surface area contributed by atoms with Crippen LogP contribution in [-0.4, -0.2) is 46.4 Å². The third-order valence-corrected chi connectivity index (χ3v) is 5.35. The topological polar surface area (TPSA) is 62.2 Å². The Morgan fingerprint density at radius 3 is 1.34 bits per heavy atom. The van der Waals surface area contributed by atoms with Crippen LogP contribution in [0.5, 0.6) is 0 Å². The molecule has 0 saturated carbocycles. The van der Waals surface area contributed by atoms with E-state index in [-0.39, 0.29) is 12.2 Å². The Hall–Kier alpha value is -0.200. The third kappa shape index (κ3) is 18.3. The SMILES string of the molecule is CCCCCCCCCCCCN(OC(CC)CC(C)O)OC(CC)CC(C)O. The number of hydrogen-bond acceptors (Lipinski definition) is 5. The van der Waals surface area contributed by atoms with Crippen LogP contribution >= 0.6 is 0 Å². The maximum atomic E-state index is 9.71. The molecule has 0 bridgehead atoms. The quantitative estimate of drug-likeness (QED) is 0.173. The minimum atomic E-state index is -0.390. The fraction of sp³-hybridized carbons (Fsp3) is 1.00. The van der Waals surface area contributed by atoms with Crippen LogP contribution in [0.1, 0.15) is 125 Å². The van der Waals surface area contributed by atoms with Gasteiger partial charge in [0.2, 0.25) is 0 Å². The Kier molecular flexibility index (Phi) is 19.6. The van der Waals surface area contributed by atoms with E-state index in [1.165, 1.54) is 57.8 Å². The van der Waals surface area contributed by atoms with E-state index in [0.717, 1.165) is 25.8 Å². The van der Waals surface area contributed by atoms with Crippen molar-refractivity contribution in [1.82, 2.24) is 5.23 Å². The van der Waals surface area contributed by atoms with E-state index in [0.29, 0.717) is 12.8 Å². The van der Waals surface area contributed by atoms with Crippen molar-refractivity contribution in [3.63, 3.8) is 0 Å². The van der Waals surface area contributed by atoms with E-state index in [9.17, 15) is 10.2 Å². The fourth-order valence-corrected chi connectivity index (χ4v) is 3.52. The molecule has 176 valence electrons. The molecule has 29 heavy (non-hydrogen) atoms. The molecule has 0 aliphatic carbocycles. The molecule has 0 aromatic rings. The summed E-state index contributed by atoms with van der Waals surface area (Å²) in [5.74, 6) is 0. The molecule has 0 saturated heterocycles. The van der Waals surface area contributed by atoms with Gasteiger partial charge >= 0.3 is 0 Å². The van der Waals surface area contributed by atoms with Gasteiger partial charge in [-0.05, 0) is 33.1 Å². The maximum Gasteiger partial charge on any atom is 0.0841 e. The molecule has 0 aromatic carbocycles. The first-order chi connectivity index (χ1) is 13.9. The molecule has 2 N–H and O–H groups in total. The normalized spacial score (nSPS) is 16.1. The first kappa shape index (κ1) is 28.8. The smallest absolute Gasteiger partial charge is 0.0841 e. The minimum Gasteiger partial charge on any atom is -0.393 e. The van der Waals surface area contributed by atoms with Crippen molar-refractivity contribution in [3.05, 3.63) is 0 Å². The molecule has 0 spiro atoms. The lowest BCUT2D eigenvalue weighted by molar-refractivity contribution is -0.405. The molecule has 5 heteroatoms. The third-order valence-electron chi connectivity index (χ3n) is 5.35. The average molecular weight is 418 g/mol. The van der Waals surface area contributed by atoms with Crippen molar-refractivity contribution in [2.24, 2.45) is 0 Å². The summed E-state index contributed by atoms with van der Waals surface area (Å²) >= 11 is 0. The Balaban J connectivity index is 4.29. The van der Waals surface area contributed by atoms with Gasteiger partial charge in [-0.1, -0.05) is 83.8 Å². The number of unbranched alkanes of at least 4 members (excludes halogenated alkanes) is 9. The van der Waals surface area contributed by atoms with Crippen molar-refractivity contribution in [2.75, 3.05) is 6.54 Å². The number of aliphatic hydroxyl groups excluding tert-OH is 2. The first-order valence-electron chi connectivity index (χ1n) is 12.4. The largest absolute Gasteiger partial charge is 0.393 e. The Bertz CT molecular complexity index is 319. The summed E-state index contributed by atoms with van der Waals surface area (Å²) in [4.78, 5) is 12.2. The van der Waals surface area contributed by atoms with Gasteiger partial charge in [-0.2, -0.15) is 0 Å². The molecule has 4 atom stereocenters. The highest BCUT2D eigenvalue weighted by atomic mass is 17.0. The van der Waals surface area contributed by atoms with Gasteiger partial charge in [0, 0.05) is 12.8 Å². The van der Waals surface area contributed by atoms with E-state index >= 15 is 0 Å². The predicted octanol–water partition coefficient (Wildman–Crippen LogP) is 6.17. The highest BCUT2D eigenvalue weighted by Gasteiger charge is 2.20. The number of hydroxylamine groups is 2. The van der Waals surface area contributed by atoms with Crippen molar-refractivity contribution >= 4 is 0 Å². The van der Waals surface area contributed by atoms with Crippen molar-refractivity contribution in [3.8, 4) is 0 Å². The molecule has 0 radical (unpaired) electrons.